The van der Waals surface area contributed by atoms with Gasteiger partial charge in [-0.3, -0.25) is 4.98 Å². The van der Waals surface area contributed by atoms with Crippen LogP contribution in [0.4, 0.5) is 5.82 Å². The average Bonchev–Trinajstić information content (AvgIpc) is 2.28. The molecule has 0 unspecified atom stereocenters. The highest BCUT2D eigenvalue weighted by atomic mass is 79.9. The number of anilines is 1. The van der Waals surface area contributed by atoms with Gasteiger partial charge in [0.05, 0.1) is 12.2 Å². The molecule has 3 nitrogen and oxygen atoms in total. The van der Waals surface area contributed by atoms with Gasteiger partial charge in [0.2, 0.25) is 0 Å². The fourth-order valence-electron chi connectivity index (χ4n) is 1.20. The van der Waals surface area contributed by atoms with Gasteiger partial charge in [-0.25, -0.2) is 4.98 Å². The van der Waals surface area contributed by atoms with Crippen LogP contribution in [0.1, 0.15) is 5.69 Å². The van der Waals surface area contributed by atoms with Gasteiger partial charge < -0.3 is 5.32 Å². The minimum atomic E-state index is 0.480. The number of hydrogen-bond donors (Lipinski definition) is 1. The Labute approximate surface area is 107 Å². The molecular weight excluding hydrogens is 289 g/mol. The van der Waals surface area contributed by atoms with Crippen LogP contribution in [0.15, 0.2) is 41.0 Å². The number of halogens is 2. The quantitative estimate of drug-likeness (QED) is 0.881. The first-order chi connectivity index (χ1) is 7.74. The van der Waals surface area contributed by atoms with Crippen molar-refractivity contribution in [2.45, 2.75) is 6.54 Å². The summed E-state index contributed by atoms with van der Waals surface area (Å²) in [5, 5.41) is 3.63. The molecule has 0 saturated heterocycles. The molecule has 82 valence electrons. The van der Waals surface area contributed by atoms with Gasteiger partial charge in [0.15, 0.2) is 0 Å². The number of nitrogens with one attached hydrogen (secondary N) is 1. The first-order valence-corrected chi connectivity index (χ1v) is 5.88. The molecule has 2 aromatic rings. The van der Waals surface area contributed by atoms with E-state index in [2.05, 4.69) is 31.2 Å². The van der Waals surface area contributed by atoms with E-state index >= 15 is 0 Å². The third-order valence-corrected chi connectivity index (χ3v) is 2.63. The van der Waals surface area contributed by atoms with Crippen LogP contribution >= 0.6 is 27.5 Å². The lowest BCUT2D eigenvalue weighted by atomic mass is 10.3. The highest BCUT2D eigenvalue weighted by molar-refractivity contribution is 9.10. The molecule has 0 saturated carbocycles. The van der Waals surface area contributed by atoms with Gasteiger partial charge in [0.1, 0.15) is 11.0 Å². The fourth-order valence-corrected chi connectivity index (χ4v) is 1.60. The molecule has 0 aliphatic carbocycles. The summed E-state index contributed by atoms with van der Waals surface area (Å²) >= 11 is 9.11. The summed E-state index contributed by atoms with van der Waals surface area (Å²) < 4.78 is 0.970. The van der Waals surface area contributed by atoms with E-state index in [0.29, 0.717) is 11.7 Å². The van der Waals surface area contributed by atoms with Gasteiger partial charge >= 0.3 is 0 Å². The largest absolute Gasteiger partial charge is 0.364 e. The predicted octanol–water partition coefficient (Wildman–Crippen LogP) is 3.50. The Morgan fingerprint density at radius 3 is 2.81 bits per heavy atom. The van der Waals surface area contributed by atoms with Crippen molar-refractivity contribution in [3.05, 3.63) is 51.8 Å². The molecular formula is C11H9BrClN3. The summed E-state index contributed by atoms with van der Waals surface area (Å²) in [5.41, 5.74) is 0.949. The lowest BCUT2D eigenvalue weighted by Gasteiger charge is -2.04. The first-order valence-electron chi connectivity index (χ1n) is 4.71. The van der Waals surface area contributed by atoms with E-state index in [1.807, 2.05) is 24.3 Å². The molecule has 0 aromatic carbocycles. The molecule has 2 heterocycles. The zero-order chi connectivity index (χ0) is 11.4. The molecule has 16 heavy (non-hydrogen) atoms. The van der Waals surface area contributed by atoms with Crippen LogP contribution in [0.25, 0.3) is 0 Å². The lowest BCUT2D eigenvalue weighted by molar-refractivity contribution is 1.03. The van der Waals surface area contributed by atoms with Gasteiger partial charge in [0.25, 0.3) is 0 Å². The molecule has 0 radical (unpaired) electrons. The summed E-state index contributed by atoms with van der Waals surface area (Å²) in [6.07, 6.45) is 1.77. The Morgan fingerprint density at radius 2 is 2.12 bits per heavy atom. The van der Waals surface area contributed by atoms with Crippen molar-refractivity contribution in [2.75, 3.05) is 5.32 Å². The van der Waals surface area contributed by atoms with E-state index in [0.717, 1.165) is 16.0 Å². The first kappa shape index (κ1) is 11.4. The summed E-state index contributed by atoms with van der Waals surface area (Å²) in [5.74, 6) is 0.747. The van der Waals surface area contributed by atoms with E-state index in [4.69, 9.17) is 11.6 Å². The van der Waals surface area contributed by atoms with Crippen LogP contribution in [0, 0.1) is 0 Å². The summed E-state index contributed by atoms with van der Waals surface area (Å²) in [4.78, 5) is 8.37. The van der Waals surface area contributed by atoms with Crippen molar-refractivity contribution in [1.29, 1.82) is 0 Å². The van der Waals surface area contributed by atoms with E-state index in [1.165, 1.54) is 0 Å². The normalized spacial score (nSPS) is 10.1. The zero-order valence-corrected chi connectivity index (χ0v) is 10.7. The van der Waals surface area contributed by atoms with Crippen LogP contribution in [0.2, 0.25) is 5.15 Å². The van der Waals surface area contributed by atoms with Crippen molar-refractivity contribution in [2.24, 2.45) is 0 Å². The second-order valence-electron chi connectivity index (χ2n) is 3.17. The van der Waals surface area contributed by atoms with Crippen molar-refractivity contribution in [1.82, 2.24) is 9.97 Å². The van der Waals surface area contributed by atoms with E-state index < -0.39 is 0 Å². The molecule has 1 N–H and O–H groups in total. The monoisotopic (exact) mass is 297 g/mol. The predicted molar refractivity (Wildman–Crippen MR) is 68.5 cm³/mol. The standard InChI is InChI=1S/C11H9BrClN3/c12-8-4-5-9(14-6-8)7-15-11-3-1-2-10(13)16-11/h1-6H,7H2,(H,15,16). The lowest BCUT2D eigenvalue weighted by Crippen LogP contribution is -2.02. The molecule has 0 amide bonds. The summed E-state index contributed by atoms with van der Waals surface area (Å²) in [7, 11) is 0. The topological polar surface area (TPSA) is 37.8 Å². The van der Waals surface area contributed by atoms with Crippen LogP contribution in [-0.2, 0) is 6.54 Å². The van der Waals surface area contributed by atoms with Gasteiger partial charge in [-0.15, -0.1) is 0 Å². The maximum absolute atomic E-state index is 5.77. The van der Waals surface area contributed by atoms with Gasteiger partial charge in [-0.2, -0.15) is 0 Å². The summed E-state index contributed by atoms with van der Waals surface area (Å²) in [6, 6.07) is 9.36. The number of hydrogen-bond acceptors (Lipinski definition) is 3. The van der Waals surface area contributed by atoms with E-state index in [-0.39, 0.29) is 0 Å². The van der Waals surface area contributed by atoms with E-state index in [1.54, 1.807) is 12.3 Å². The molecule has 5 heteroatoms. The number of aromatic nitrogens is 2. The van der Waals surface area contributed by atoms with Gasteiger partial charge in [-0.1, -0.05) is 17.7 Å². The third-order valence-electron chi connectivity index (χ3n) is 1.95. The van der Waals surface area contributed by atoms with Crippen molar-refractivity contribution >= 4 is 33.3 Å². The van der Waals surface area contributed by atoms with Crippen LogP contribution in [-0.4, -0.2) is 9.97 Å². The van der Waals surface area contributed by atoms with Crippen molar-refractivity contribution in [3.63, 3.8) is 0 Å². The van der Waals surface area contributed by atoms with Crippen molar-refractivity contribution in [3.8, 4) is 0 Å². The molecule has 0 spiro atoms. The maximum atomic E-state index is 5.77. The summed E-state index contributed by atoms with van der Waals surface area (Å²) in [6.45, 7) is 0.626. The fraction of sp³-hybridized carbons (Fsp3) is 0.0909. The van der Waals surface area contributed by atoms with Crippen LogP contribution in [0.3, 0.4) is 0 Å². The molecule has 0 aliphatic rings. The molecule has 0 atom stereocenters. The van der Waals surface area contributed by atoms with Gasteiger partial charge in [-0.05, 0) is 40.2 Å². The number of rotatable bonds is 3. The molecule has 0 bridgehead atoms. The molecule has 2 rings (SSSR count). The highest BCUT2D eigenvalue weighted by Gasteiger charge is 1.97. The highest BCUT2D eigenvalue weighted by Crippen LogP contribution is 2.11. The second-order valence-corrected chi connectivity index (χ2v) is 4.47. The number of nitrogens with zero attached hydrogens (tertiary/aromatic N) is 2. The van der Waals surface area contributed by atoms with Crippen molar-refractivity contribution < 1.29 is 0 Å². The Hall–Kier alpha value is -1.13. The zero-order valence-electron chi connectivity index (χ0n) is 8.32. The third kappa shape index (κ3) is 3.18. The Bertz CT molecular complexity index is 473. The molecule has 0 fully saturated rings. The number of pyridine rings is 2. The SMILES string of the molecule is Clc1cccc(NCc2ccc(Br)cn2)n1. The van der Waals surface area contributed by atoms with Crippen LogP contribution < -0.4 is 5.32 Å². The Morgan fingerprint density at radius 1 is 1.25 bits per heavy atom. The molecule has 2 aromatic heterocycles. The Kier molecular flexibility index (Phi) is 3.74. The minimum Gasteiger partial charge on any atom is -0.364 e. The second kappa shape index (κ2) is 5.27. The smallest absolute Gasteiger partial charge is 0.131 e. The van der Waals surface area contributed by atoms with Crippen LogP contribution in [0.5, 0.6) is 0 Å². The molecule has 0 aliphatic heterocycles. The minimum absolute atomic E-state index is 0.480. The Balaban J connectivity index is 1.99. The van der Waals surface area contributed by atoms with E-state index in [9.17, 15) is 0 Å². The average molecular weight is 299 g/mol. The maximum Gasteiger partial charge on any atom is 0.131 e. The van der Waals surface area contributed by atoms with Gasteiger partial charge in [0, 0.05) is 10.7 Å².